The minimum atomic E-state index is -3.81. The Bertz CT molecular complexity index is 521. The summed E-state index contributed by atoms with van der Waals surface area (Å²) in [5.41, 5.74) is 5.46. The maximum atomic E-state index is 13.5. The van der Waals surface area contributed by atoms with Crippen molar-refractivity contribution in [1.82, 2.24) is 9.29 Å². The van der Waals surface area contributed by atoms with Gasteiger partial charge in [-0.25, -0.2) is 17.8 Å². The van der Waals surface area contributed by atoms with Gasteiger partial charge in [-0.2, -0.15) is 4.31 Å². The molecule has 1 aromatic rings. The molecule has 0 amide bonds. The van der Waals surface area contributed by atoms with E-state index in [4.69, 9.17) is 5.73 Å². The maximum Gasteiger partial charge on any atom is 0.263 e. The van der Waals surface area contributed by atoms with Crippen molar-refractivity contribution in [2.45, 2.75) is 17.9 Å². The molecular weight excluding hydrogens is 257 g/mol. The molecule has 1 aliphatic heterocycles. The van der Waals surface area contributed by atoms with Crippen LogP contribution in [0.15, 0.2) is 23.4 Å². The Kier molecular flexibility index (Phi) is 3.94. The van der Waals surface area contributed by atoms with E-state index in [0.717, 1.165) is 18.9 Å². The Morgan fingerprint density at radius 1 is 1.56 bits per heavy atom. The third kappa shape index (κ3) is 2.52. The number of nitrogens with zero attached hydrogens (tertiary/aromatic N) is 2. The molecule has 0 bridgehead atoms. The van der Waals surface area contributed by atoms with Gasteiger partial charge in [0, 0.05) is 19.3 Å². The molecule has 1 atom stereocenters. The largest absolute Gasteiger partial charge is 0.330 e. The monoisotopic (exact) mass is 273 g/mol. The summed E-state index contributed by atoms with van der Waals surface area (Å²) in [4.78, 5) is 3.64. The maximum absolute atomic E-state index is 13.5. The number of pyridine rings is 1. The number of sulfonamides is 1. The van der Waals surface area contributed by atoms with Crippen molar-refractivity contribution in [3.8, 4) is 0 Å². The van der Waals surface area contributed by atoms with Crippen LogP contribution in [0.2, 0.25) is 0 Å². The molecule has 0 spiro atoms. The van der Waals surface area contributed by atoms with Crippen LogP contribution in [-0.2, 0) is 10.0 Å². The van der Waals surface area contributed by atoms with Crippen LogP contribution in [0.5, 0.6) is 0 Å². The van der Waals surface area contributed by atoms with Crippen LogP contribution in [0.25, 0.3) is 0 Å². The molecule has 2 heterocycles. The van der Waals surface area contributed by atoms with Crippen LogP contribution in [0, 0.1) is 11.7 Å². The van der Waals surface area contributed by atoms with Crippen LogP contribution in [-0.4, -0.2) is 37.3 Å². The van der Waals surface area contributed by atoms with Gasteiger partial charge in [0.25, 0.3) is 10.0 Å². The van der Waals surface area contributed by atoms with Crippen molar-refractivity contribution < 1.29 is 12.8 Å². The van der Waals surface area contributed by atoms with E-state index in [9.17, 15) is 12.8 Å². The molecule has 5 nitrogen and oxygen atoms in total. The number of aromatic nitrogens is 1. The van der Waals surface area contributed by atoms with E-state index >= 15 is 0 Å². The normalized spacial score (nSPS) is 21.3. The van der Waals surface area contributed by atoms with Crippen LogP contribution in [0.4, 0.5) is 4.39 Å². The summed E-state index contributed by atoms with van der Waals surface area (Å²) in [7, 11) is -3.81. The molecule has 1 aliphatic rings. The molecule has 2 rings (SSSR count). The second-order valence-corrected chi connectivity index (χ2v) is 6.24. The van der Waals surface area contributed by atoms with Gasteiger partial charge in [-0.1, -0.05) is 0 Å². The quantitative estimate of drug-likeness (QED) is 0.870. The topological polar surface area (TPSA) is 76.3 Å². The molecular formula is C11H16FN3O2S. The second kappa shape index (κ2) is 5.29. The summed E-state index contributed by atoms with van der Waals surface area (Å²) in [5.74, 6) is -0.545. The molecule has 100 valence electrons. The Labute approximate surface area is 106 Å². The lowest BCUT2D eigenvalue weighted by Gasteiger charge is -2.16. The lowest BCUT2D eigenvalue weighted by Crippen LogP contribution is -2.30. The van der Waals surface area contributed by atoms with Crippen molar-refractivity contribution in [2.75, 3.05) is 19.6 Å². The van der Waals surface area contributed by atoms with Crippen molar-refractivity contribution in [1.29, 1.82) is 0 Å². The first-order valence-electron chi connectivity index (χ1n) is 5.86. The summed E-state index contributed by atoms with van der Waals surface area (Å²) in [6.45, 7) is 1.34. The van der Waals surface area contributed by atoms with Gasteiger partial charge in [0.05, 0.1) is 0 Å². The molecule has 0 radical (unpaired) electrons. The van der Waals surface area contributed by atoms with Crippen LogP contribution in [0.3, 0.4) is 0 Å². The van der Waals surface area contributed by atoms with Crippen molar-refractivity contribution in [3.63, 3.8) is 0 Å². The van der Waals surface area contributed by atoms with Gasteiger partial charge >= 0.3 is 0 Å². The van der Waals surface area contributed by atoms with Crippen molar-refractivity contribution in [3.05, 3.63) is 24.1 Å². The predicted molar refractivity (Wildman–Crippen MR) is 64.7 cm³/mol. The second-order valence-electron chi connectivity index (χ2n) is 4.39. The standard InChI is InChI=1S/C11H16FN3O2S/c12-10-2-1-6-14-11(10)18(16,17)15-7-4-9(8-15)3-5-13/h1-2,6,9H,3-5,7-8,13H2. The Morgan fingerprint density at radius 3 is 3.00 bits per heavy atom. The molecule has 7 heteroatoms. The number of hydrogen-bond donors (Lipinski definition) is 1. The molecule has 18 heavy (non-hydrogen) atoms. The molecule has 1 saturated heterocycles. The van der Waals surface area contributed by atoms with E-state index in [1.807, 2.05) is 0 Å². The number of halogens is 1. The van der Waals surface area contributed by atoms with Crippen LogP contribution < -0.4 is 5.73 Å². The average Bonchev–Trinajstić information content (AvgIpc) is 2.79. The van der Waals surface area contributed by atoms with E-state index < -0.39 is 20.9 Å². The van der Waals surface area contributed by atoms with Gasteiger partial charge in [-0.15, -0.1) is 0 Å². The van der Waals surface area contributed by atoms with Crippen molar-refractivity contribution >= 4 is 10.0 Å². The highest BCUT2D eigenvalue weighted by Crippen LogP contribution is 2.25. The molecule has 1 fully saturated rings. The Balaban J connectivity index is 2.21. The first kappa shape index (κ1) is 13.4. The summed E-state index contributed by atoms with van der Waals surface area (Å²) in [6, 6.07) is 2.48. The fourth-order valence-electron chi connectivity index (χ4n) is 2.17. The summed E-state index contributed by atoms with van der Waals surface area (Å²) in [6.07, 6.45) is 2.84. The number of nitrogens with two attached hydrogens (primary N) is 1. The third-order valence-electron chi connectivity index (χ3n) is 3.13. The molecule has 1 unspecified atom stereocenters. The van der Waals surface area contributed by atoms with E-state index in [2.05, 4.69) is 4.98 Å². The van der Waals surface area contributed by atoms with Gasteiger partial charge in [-0.3, -0.25) is 0 Å². The highest BCUT2D eigenvalue weighted by atomic mass is 32.2. The molecule has 2 N–H and O–H groups in total. The minimum absolute atomic E-state index is 0.261. The van der Waals surface area contributed by atoms with E-state index in [0.29, 0.717) is 19.6 Å². The van der Waals surface area contributed by atoms with Crippen molar-refractivity contribution in [2.24, 2.45) is 11.7 Å². The zero-order valence-electron chi connectivity index (χ0n) is 9.92. The van der Waals surface area contributed by atoms with Gasteiger partial charge in [-0.05, 0) is 37.4 Å². The first-order valence-corrected chi connectivity index (χ1v) is 7.30. The third-order valence-corrected chi connectivity index (χ3v) is 4.93. The molecule has 0 aliphatic carbocycles. The SMILES string of the molecule is NCCC1CCN(S(=O)(=O)c2ncccc2F)C1. The van der Waals surface area contributed by atoms with Gasteiger partial charge in [0.15, 0.2) is 5.82 Å². The van der Waals surface area contributed by atoms with Gasteiger partial charge < -0.3 is 5.73 Å². The minimum Gasteiger partial charge on any atom is -0.330 e. The summed E-state index contributed by atoms with van der Waals surface area (Å²) < 4.78 is 39.2. The van der Waals surface area contributed by atoms with E-state index in [-0.39, 0.29) is 5.92 Å². The van der Waals surface area contributed by atoms with Gasteiger partial charge in [0.2, 0.25) is 5.03 Å². The smallest absolute Gasteiger partial charge is 0.263 e. The van der Waals surface area contributed by atoms with Crippen LogP contribution in [0.1, 0.15) is 12.8 Å². The fourth-order valence-corrected chi connectivity index (χ4v) is 3.68. The summed E-state index contributed by atoms with van der Waals surface area (Å²) in [5, 5.41) is -0.488. The zero-order valence-corrected chi connectivity index (χ0v) is 10.7. The molecule has 0 saturated carbocycles. The molecule has 1 aromatic heterocycles. The van der Waals surface area contributed by atoms with E-state index in [1.165, 1.54) is 16.6 Å². The number of hydrogen-bond acceptors (Lipinski definition) is 4. The molecule has 0 aromatic carbocycles. The highest BCUT2D eigenvalue weighted by Gasteiger charge is 2.34. The number of rotatable bonds is 4. The van der Waals surface area contributed by atoms with Gasteiger partial charge in [0.1, 0.15) is 0 Å². The lowest BCUT2D eigenvalue weighted by molar-refractivity contribution is 0.440. The predicted octanol–water partition coefficient (Wildman–Crippen LogP) is 0.580. The highest BCUT2D eigenvalue weighted by molar-refractivity contribution is 7.89. The Morgan fingerprint density at radius 2 is 2.33 bits per heavy atom. The zero-order chi connectivity index (χ0) is 13.2. The lowest BCUT2D eigenvalue weighted by atomic mass is 10.1. The van der Waals surface area contributed by atoms with E-state index in [1.54, 1.807) is 0 Å². The summed E-state index contributed by atoms with van der Waals surface area (Å²) >= 11 is 0. The van der Waals surface area contributed by atoms with Crippen LogP contribution >= 0.6 is 0 Å². The average molecular weight is 273 g/mol. The first-order chi connectivity index (χ1) is 8.55. The fraction of sp³-hybridized carbons (Fsp3) is 0.545. The Hall–Kier alpha value is -1.05.